The van der Waals surface area contributed by atoms with Crippen molar-refractivity contribution in [3.63, 3.8) is 0 Å². The number of urea groups is 1. The Morgan fingerprint density at radius 3 is 2.46 bits per heavy atom. The van der Waals surface area contributed by atoms with Gasteiger partial charge in [-0.2, -0.15) is 13.2 Å². The SMILES string of the molecule is CCCc1ccc(OCNC(=O)Nc2ccc(Cl)c(C(F)(F)F)c2)cc1. The maximum absolute atomic E-state index is 12.8. The number of hydrogen-bond acceptors (Lipinski definition) is 2. The third-order valence-corrected chi connectivity index (χ3v) is 3.79. The van der Waals surface area contributed by atoms with Crippen molar-refractivity contribution in [1.29, 1.82) is 0 Å². The van der Waals surface area contributed by atoms with Gasteiger partial charge in [0.2, 0.25) is 0 Å². The van der Waals surface area contributed by atoms with Gasteiger partial charge in [0.05, 0.1) is 10.6 Å². The molecule has 0 aliphatic heterocycles. The molecule has 0 saturated heterocycles. The second-order valence-electron chi connectivity index (χ2n) is 5.51. The lowest BCUT2D eigenvalue weighted by Crippen LogP contribution is -2.32. The quantitative estimate of drug-likeness (QED) is 0.647. The third-order valence-electron chi connectivity index (χ3n) is 3.46. The molecule has 0 aromatic heterocycles. The van der Waals surface area contributed by atoms with E-state index in [1.807, 2.05) is 12.1 Å². The fourth-order valence-electron chi connectivity index (χ4n) is 2.22. The molecule has 0 spiro atoms. The summed E-state index contributed by atoms with van der Waals surface area (Å²) in [6.45, 7) is 1.96. The largest absolute Gasteiger partial charge is 0.473 e. The van der Waals surface area contributed by atoms with Gasteiger partial charge < -0.3 is 15.4 Å². The first kappa shape index (κ1) is 19.9. The molecule has 0 aliphatic carbocycles. The summed E-state index contributed by atoms with van der Waals surface area (Å²) in [7, 11) is 0. The molecule has 8 heteroatoms. The topological polar surface area (TPSA) is 50.4 Å². The van der Waals surface area contributed by atoms with Gasteiger partial charge in [0, 0.05) is 5.69 Å². The Morgan fingerprint density at radius 2 is 1.85 bits per heavy atom. The summed E-state index contributed by atoms with van der Waals surface area (Å²) in [6.07, 6.45) is -2.58. The Bertz CT molecular complexity index is 749. The Hall–Kier alpha value is -2.41. The number of anilines is 1. The van der Waals surface area contributed by atoms with Crippen LogP contribution in [0.25, 0.3) is 0 Å². The van der Waals surface area contributed by atoms with Gasteiger partial charge in [0.25, 0.3) is 0 Å². The van der Waals surface area contributed by atoms with Gasteiger partial charge in [0.1, 0.15) is 5.75 Å². The number of nitrogens with one attached hydrogen (secondary N) is 2. The van der Waals surface area contributed by atoms with Crippen LogP contribution >= 0.6 is 11.6 Å². The molecule has 0 atom stereocenters. The summed E-state index contributed by atoms with van der Waals surface area (Å²) in [5, 5.41) is 4.28. The zero-order valence-corrected chi connectivity index (χ0v) is 14.7. The highest BCUT2D eigenvalue weighted by molar-refractivity contribution is 6.31. The van der Waals surface area contributed by atoms with E-state index in [0.717, 1.165) is 25.0 Å². The van der Waals surface area contributed by atoms with E-state index in [-0.39, 0.29) is 12.4 Å². The van der Waals surface area contributed by atoms with E-state index in [9.17, 15) is 18.0 Å². The molecule has 4 nitrogen and oxygen atoms in total. The molecule has 2 aromatic rings. The van der Waals surface area contributed by atoms with Gasteiger partial charge in [-0.1, -0.05) is 37.1 Å². The van der Waals surface area contributed by atoms with Crippen LogP contribution in [-0.4, -0.2) is 12.8 Å². The van der Waals surface area contributed by atoms with E-state index >= 15 is 0 Å². The fraction of sp³-hybridized carbons (Fsp3) is 0.278. The standard InChI is InChI=1S/C18H18ClF3N2O2/c1-2-3-12-4-7-14(8-5-12)26-11-23-17(25)24-13-6-9-16(19)15(10-13)18(20,21)22/h4-10H,2-3,11H2,1H3,(H2,23,24,25). The lowest BCUT2D eigenvalue weighted by molar-refractivity contribution is -0.137. The van der Waals surface area contributed by atoms with Gasteiger partial charge in [-0.25, -0.2) is 4.79 Å². The van der Waals surface area contributed by atoms with Crippen molar-refractivity contribution < 1.29 is 22.7 Å². The average Bonchev–Trinajstić information content (AvgIpc) is 2.57. The van der Waals surface area contributed by atoms with Crippen molar-refractivity contribution in [1.82, 2.24) is 5.32 Å². The molecule has 0 saturated carbocycles. The Balaban J connectivity index is 1.85. The van der Waals surface area contributed by atoms with Crippen LogP contribution in [0.2, 0.25) is 5.02 Å². The second kappa shape index (κ2) is 8.80. The van der Waals surface area contributed by atoms with E-state index < -0.39 is 22.8 Å². The van der Waals surface area contributed by atoms with Gasteiger partial charge in [0.15, 0.2) is 6.73 Å². The van der Waals surface area contributed by atoms with Gasteiger partial charge >= 0.3 is 12.2 Å². The highest BCUT2D eigenvalue weighted by Gasteiger charge is 2.33. The van der Waals surface area contributed by atoms with Crippen molar-refractivity contribution in [3.8, 4) is 5.75 Å². The fourth-order valence-corrected chi connectivity index (χ4v) is 2.45. The Kier molecular flexibility index (Phi) is 6.74. The highest BCUT2D eigenvalue weighted by Crippen LogP contribution is 2.36. The smallest absolute Gasteiger partial charge is 0.417 e. The van der Waals surface area contributed by atoms with Crippen LogP contribution in [0.4, 0.5) is 23.7 Å². The van der Waals surface area contributed by atoms with E-state index in [4.69, 9.17) is 16.3 Å². The van der Waals surface area contributed by atoms with Crippen LogP contribution < -0.4 is 15.4 Å². The maximum Gasteiger partial charge on any atom is 0.417 e. The molecule has 2 amide bonds. The number of carbonyl (C=O) groups is 1. The number of halogens is 4. The number of alkyl halides is 3. The van der Waals surface area contributed by atoms with Gasteiger partial charge in [-0.15, -0.1) is 0 Å². The van der Waals surface area contributed by atoms with Crippen LogP contribution in [0.3, 0.4) is 0 Å². The highest BCUT2D eigenvalue weighted by atomic mass is 35.5. The van der Waals surface area contributed by atoms with Crippen LogP contribution in [0, 0.1) is 0 Å². The predicted octanol–water partition coefficient (Wildman–Crippen LogP) is 5.47. The molecule has 26 heavy (non-hydrogen) atoms. The number of aryl methyl sites for hydroxylation is 1. The van der Waals surface area contributed by atoms with Crippen LogP contribution in [0.5, 0.6) is 5.75 Å². The van der Waals surface area contributed by atoms with E-state index in [2.05, 4.69) is 17.6 Å². The molecule has 0 fully saturated rings. The molecule has 0 bridgehead atoms. The van der Waals surface area contributed by atoms with Crippen molar-refractivity contribution >= 4 is 23.3 Å². The monoisotopic (exact) mass is 386 g/mol. The first-order valence-corrected chi connectivity index (χ1v) is 8.30. The summed E-state index contributed by atoms with van der Waals surface area (Å²) in [5.74, 6) is 0.580. The van der Waals surface area contributed by atoms with Gasteiger partial charge in [-0.05, 0) is 42.3 Å². The number of carbonyl (C=O) groups excluding carboxylic acids is 1. The third kappa shape index (κ3) is 5.84. The minimum atomic E-state index is -4.60. The number of hydrogen-bond donors (Lipinski definition) is 2. The lowest BCUT2D eigenvalue weighted by Gasteiger charge is -2.13. The minimum Gasteiger partial charge on any atom is -0.473 e. The zero-order chi connectivity index (χ0) is 19.2. The van der Waals surface area contributed by atoms with Crippen molar-refractivity contribution in [2.75, 3.05) is 12.0 Å². The summed E-state index contributed by atoms with van der Waals surface area (Å²) in [6, 6.07) is 9.90. The van der Waals surface area contributed by atoms with E-state index in [1.54, 1.807) is 12.1 Å². The predicted molar refractivity (Wildman–Crippen MR) is 94.5 cm³/mol. The van der Waals surface area contributed by atoms with Crippen LogP contribution in [0.15, 0.2) is 42.5 Å². The molecule has 0 unspecified atom stereocenters. The summed E-state index contributed by atoms with van der Waals surface area (Å²) >= 11 is 5.53. The summed E-state index contributed by atoms with van der Waals surface area (Å²) in [4.78, 5) is 11.8. The van der Waals surface area contributed by atoms with Crippen LogP contribution in [-0.2, 0) is 12.6 Å². The Labute approximate surface area is 154 Å². The Morgan fingerprint density at radius 1 is 1.15 bits per heavy atom. The summed E-state index contributed by atoms with van der Waals surface area (Å²) < 4.78 is 43.8. The molecular weight excluding hydrogens is 369 g/mol. The second-order valence-corrected chi connectivity index (χ2v) is 5.91. The number of ether oxygens (including phenoxy) is 1. The first-order chi connectivity index (χ1) is 12.3. The first-order valence-electron chi connectivity index (χ1n) is 7.93. The minimum absolute atomic E-state index is 0.0249. The summed E-state index contributed by atoms with van der Waals surface area (Å²) in [5.41, 5.74) is 0.150. The number of benzene rings is 2. The molecule has 2 N–H and O–H groups in total. The van der Waals surface area contributed by atoms with Crippen molar-refractivity contribution in [3.05, 3.63) is 58.6 Å². The maximum atomic E-state index is 12.8. The normalized spacial score (nSPS) is 11.1. The van der Waals surface area contributed by atoms with Crippen LogP contribution in [0.1, 0.15) is 24.5 Å². The van der Waals surface area contributed by atoms with Gasteiger partial charge in [-0.3, -0.25) is 0 Å². The van der Waals surface area contributed by atoms with Crippen molar-refractivity contribution in [2.45, 2.75) is 25.9 Å². The average molecular weight is 387 g/mol. The molecule has 2 aromatic carbocycles. The molecular formula is C18H18ClF3N2O2. The molecule has 0 aliphatic rings. The molecule has 140 valence electrons. The van der Waals surface area contributed by atoms with Crippen molar-refractivity contribution in [2.24, 2.45) is 0 Å². The number of rotatable bonds is 6. The molecule has 0 heterocycles. The molecule has 2 rings (SSSR count). The lowest BCUT2D eigenvalue weighted by atomic mass is 10.1. The van der Waals surface area contributed by atoms with E-state index in [1.165, 1.54) is 11.6 Å². The number of amides is 2. The molecule has 0 radical (unpaired) electrons. The van der Waals surface area contributed by atoms with E-state index in [0.29, 0.717) is 5.75 Å². The zero-order valence-electron chi connectivity index (χ0n) is 14.0.